The van der Waals surface area contributed by atoms with Gasteiger partial charge in [-0.15, -0.1) is 0 Å². The van der Waals surface area contributed by atoms with Gasteiger partial charge in [0.05, 0.1) is 35.4 Å². The van der Waals surface area contributed by atoms with E-state index < -0.39 is 10.9 Å². The number of ether oxygens (including phenoxy) is 1. The number of rotatable bonds is 6. The van der Waals surface area contributed by atoms with Crippen LogP contribution in [0.1, 0.15) is 10.4 Å². The van der Waals surface area contributed by atoms with E-state index in [-0.39, 0.29) is 46.9 Å². The van der Waals surface area contributed by atoms with Gasteiger partial charge >= 0.3 is 29.6 Å². The number of nitrogens with zero attached hydrogens (tertiary/aromatic N) is 3. The summed E-state index contributed by atoms with van der Waals surface area (Å²) in [7, 11) is 0. The minimum atomic E-state index is -1.23. The molecule has 3 aromatic rings. The van der Waals surface area contributed by atoms with Gasteiger partial charge in [-0.25, -0.2) is 0 Å². The van der Waals surface area contributed by atoms with E-state index in [9.17, 15) is 20.0 Å². The first-order valence-corrected chi connectivity index (χ1v) is 8.66. The van der Waals surface area contributed by atoms with E-state index in [4.69, 9.17) is 4.74 Å². The zero-order valence-electron chi connectivity index (χ0n) is 15.7. The van der Waals surface area contributed by atoms with E-state index in [1.54, 1.807) is 35.2 Å². The van der Waals surface area contributed by atoms with Crippen LogP contribution in [0.2, 0.25) is 0 Å². The molecule has 0 radical (unpaired) electrons. The van der Waals surface area contributed by atoms with Crippen molar-refractivity contribution < 1.29 is 49.1 Å². The Kier molecular flexibility index (Phi) is 6.26. The third kappa shape index (κ3) is 4.29. The van der Waals surface area contributed by atoms with Gasteiger partial charge in [0, 0.05) is 30.1 Å². The number of carboxylic acids is 1. The number of aromatic nitrogens is 1. The third-order valence-electron chi connectivity index (χ3n) is 4.64. The van der Waals surface area contributed by atoms with Crippen LogP contribution >= 0.6 is 0 Å². The molecule has 0 amide bonds. The number of anilines is 1. The van der Waals surface area contributed by atoms with Crippen molar-refractivity contribution in [3.63, 3.8) is 0 Å². The Morgan fingerprint density at radius 1 is 1.03 bits per heavy atom. The molecular weight excluding hydrogens is 385 g/mol. The number of aromatic carboxylic acids is 1. The first-order valence-electron chi connectivity index (χ1n) is 8.66. The largest absolute Gasteiger partial charge is 1.00 e. The first-order chi connectivity index (χ1) is 13.5. The fourth-order valence-electron chi connectivity index (χ4n) is 3.25. The number of carboxylic acid groups (broad SMARTS) is 1. The monoisotopic (exact) mass is 401 g/mol. The fourth-order valence-corrected chi connectivity index (χ4v) is 3.25. The van der Waals surface area contributed by atoms with Gasteiger partial charge in [-0.05, 0) is 30.3 Å². The predicted octanol–water partition coefficient (Wildman–Crippen LogP) is -0.979. The molecule has 0 unspecified atom stereocenters. The van der Waals surface area contributed by atoms with Crippen LogP contribution < -0.4 is 44.3 Å². The Morgan fingerprint density at radius 3 is 2.28 bits per heavy atom. The molecule has 0 aliphatic carbocycles. The molecule has 0 atom stereocenters. The van der Waals surface area contributed by atoms with Crippen LogP contribution in [0.15, 0.2) is 67.0 Å². The summed E-state index contributed by atoms with van der Waals surface area (Å²) >= 11 is 0. The van der Waals surface area contributed by atoms with Gasteiger partial charge in [0.25, 0.3) is 5.69 Å². The van der Waals surface area contributed by atoms with Crippen LogP contribution in [-0.2, 0) is 0 Å². The Hall–Kier alpha value is -2.81. The molecule has 1 aliphatic rings. The van der Waals surface area contributed by atoms with Crippen LogP contribution in [0.25, 0.3) is 5.69 Å². The Labute approximate surface area is 188 Å². The maximum Gasteiger partial charge on any atom is 1.00 e. The van der Waals surface area contributed by atoms with Crippen molar-refractivity contribution in [3.8, 4) is 11.4 Å². The maximum absolute atomic E-state index is 11.6. The topological polar surface area (TPSA) is 101 Å². The molecule has 8 nitrogen and oxygen atoms in total. The Morgan fingerprint density at radius 2 is 1.69 bits per heavy atom. The number of carbonyl (C=O) groups is 1. The van der Waals surface area contributed by atoms with Crippen molar-refractivity contribution in [3.05, 3.63) is 82.7 Å². The van der Waals surface area contributed by atoms with Gasteiger partial charge in [-0.2, -0.15) is 0 Å². The van der Waals surface area contributed by atoms with Crippen molar-refractivity contribution in [2.24, 2.45) is 0 Å². The quantitative estimate of drug-likeness (QED) is 0.299. The summed E-state index contributed by atoms with van der Waals surface area (Å²) in [5.74, 6) is -0.672. The van der Waals surface area contributed by atoms with Gasteiger partial charge in [0.1, 0.15) is 11.9 Å². The SMILES string of the molecule is O=C([O-])c1cccc(N2CC(Oc3ccc([N+](=O)[O-])cc3)C2)c1-n1cccc1.[Na+]. The zero-order valence-corrected chi connectivity index (χ0v) is 17.7. The Bertz CT molecular complexity index is 1020. The summed E-state index contributed by atoms with van der Waals surface area (Å²) in [6.45, 7) is 1.14. The number of carbonyl (C=O) groups excluding carboxylic acids is 1. The van der Waals surface area contributed by atoms with E-state index in [1.165, 1.54) is 18.2 Å². The first kappa shape index (κ1) is 20.9. The van der Waals surface area contributed by atoms with Gasteiger partial charge in [0.15, 0.2) is 0 Å². The van der Waals surface area contributed by atoms with Crippen molar-refractivity contribution in [2.75, 3.05) is 18.0 Å². The molecule has 4 rings (SSSR count). The van der Waals surface area contributed by atoms with E-state index in [1.807, 2.05) is 23.1 Å². The molecule has 1 aromatic heterocycles. The molecule has 1 saturated heterocycles. The van der Waals surface area contributed by atoms with Gasteiger partial charge in [-0.1, -0.05) is 12.1 Å². The van der Waals surface area contributed by atoms with Gasteiger partial charge in [-0.3, -0.25) is 10.1 Å². The number of benzene rings is 2. The average Bonchev–Trinajstić information content (AvgIpc) is 3.18. The van der Waals surface area contributed by atoms with Gasteiger partial charge < -0.3 is 24.1 Å². The molecule has 9 heteroatoms. The molecule has 0 saturated carbocycles. The van der Waals surface area contributed by atoms with Crippen molar-refractivity contribution in [2.45, 2.75) is 6.10 Å². The smallest absolute Gasteiger partial charge is 0.545 e. The van der Waals surface area contributed by atoms with Crippen LogP contribution in [0.3, 0.4) is 0 Å². The van der Waals surface area contributed by atoms with Crippen molar-refractivity contribution in [1.82, 2.24) is 4.57 Å². The van der Waals surface area contributed by atoms with E-state index in [0.29, 0.717) is 24.5 Å². The molecule has 0 bridgehead atoms. The fraction of sp³-hybridized carbons (Fsp3) is 0.150. The minimum Gasteiger partial charge on any atom is -0.545 e. The average molecular weight is 401 g/mol. The summed E-state index contributed by atoms with van der Waals surface area (Å²) in [5, 5.41) is 22.3. The molecule has 2 heterocycles. The standard InChI is InChI=1S/C20H17N3O5.Na/c24-20(25)17-4-3-5-18(19(17)21-10-1-2-11-21)22-12-16(13-22)28-15-8-6-14(7-9-15)23(26)27;/h1-11,16H,12-13H2,(H,24,25);/q;+1/p-1. The predicted molar refractivity (Wildman–Crippen MR) is 99.8 cm³/mol. The zero-order chi connectivity index (χ0) is 19.7. The van der Waals surface area contributed by atoms with E-state index in [2.05, 4.69) is 0 Å². The summed E-state index contributed by atoms with van der Waals surface area (Å²) < 4.78 is 7.60. The number of nitro benzene ring substituents is 1. The summed E-state index contributed by atoms with van der Waals surface area (Å²) in [4.78, 5) is 23.8. The number of para-hydroxylation sites is 1. The Balaban J connectivity index is 0.00000240. The number of non-ortho nitro benzene ring substituents is 1. The second kappa shape index (κ2) is 8.69. The molecule has 0 spiro atoms. The summed E-state index contributed by atoms with van der Waals surface area (Å²) in [6, 6.07) is 14.7. The van der Waals surface area contributed by atoms with Crippen LogP contribution in [0.5, 0.6) is 5.75 Å². The normalized spacial score (nSPS) is 13.3. The molecule has 0 N–H and O–H groups in total. The number of hydrogen-bond acceptors (Lipinski definition) is 6. The molecule has 1 fully saturated rings. The van der Waals surface area contributed by atoms with Crippen LogP contribution in [0, 0.1) is 10.1 Å². The van der Waals surface area contributed by atoms with E-state index >= 15 is 0 Å². The molecule has 2 aromatic carbocycles. The van der Waals surface area contributed by atoms with Crippen LogP contribution in [-0.4, -0.2) is 34.7 Å². The van der Waals surface area contributed by atoms with Crippen molar-refractivity contribution in [1.29, 1.82) is 0 Å². The van der Waals surface area contributed by atoms with Crippen LogP contribution in [0.4, 0.5) is 11.4 Å². The van der Waals surface area contributed by atoms with Gasteiger partial charge in [0.2, 0.25) is 0 Å². The summed E-state index contributed by atoms with van der Waals surface area (Å²) in [6.07, 6.45) is 3.48. The maximum atomic E-state index is 11.6. The number of hydrogen-bond donors (Lipinski definition) is 0. The minimum absolute atomic E-state index is 0. The second-order valence-electron chi connectivity index (χ2n) is 6.45. The molecule has 29 heavy (non-hydrogen) atoms. The molecular formula is C20H16N3NaO5. The van der Waals surface area contributed by atoms with E-state index in [0.717, 1.165) is 5.69 Å². The second-order valence-corrected chi connectivity index (χ2v) is 6.45. The summed E-state index contributed by atoms with van der Waals surface area (Å²) in [5.41, 5.74) is 1.47. The molecule has 1 aliphatic heterocycles. The van der Waals surface area contributed by atoms with Crippen molar-refractivity contribution >= 4 is 17.3 Å². The third-order valence-corrected chi connectivity index (χ3v) is 4.64. The number of nitro groups is 1. The molecule has 142 valence electrons.